The Morgan fingerprint density at radius 3 is 2.45 bits per heavy atom. The molecule has 0 bridgehead atoms. The lowest BCUT2D eigenvalue weighted by atomic mass is 10.1. The number of imide groups is 1. The van der Waals surface area contributed by atoms with Crippen LogP contribution in [0.25, 0.3) is 6.08 Å². The summed E-state index contributed by atoms with van der Waals surface area (Å²) in [5.74, 6) is -0.933. The Morgan fingerprint density at radius 2 is 1.83 bits per heavy atom. The molecule has 9 nitrogen and oxygen atoms in total. The molecule has 0 spiro atoms. The standard InChI is InChI=1S/C19H16FN3O6/c1-28-16-8-12(15(23(26)27)9-17(16)29-2)7-14-18(24)22(19(25)21-14)10-11-5-3-4-6-13(11)20/h3-9H,10H2,1-2H3,(H,21,25)/b14-7+. The molecule has 2 aromatic rings. The number of urea groups is 1. The normalized spacial score (nSPS) is 14.9. The Balaban J connectivity index is 1.97. The number of nitrogens with zero attached hydrogens (tertiary/aromatic N) is 2. The predicted octanol–water partition coefficient (Wildman–Crippen LogP) is 2.84. The summed E-state index contributed by atoms with van der Waals surface area (Å²) in [6.07, 6.45) is 1.17. The molecule has 0 atom stereocenters. The van der Waals surface area contributed by atoms with Crippen LogP contribution in [0.5, 0.6) is 11.5 Å². The molecular formula is C19H16FN3O6. The van der Waals surface area contributed by atoms with Crippen LogP contribution in [-0.2, 0) is 11.3 Å². The third kappa shape index (κ3) is 3.86. The van der Waals surface area contributed by atoms with Gasteiger partial charge in [0, 0.05) is 5.56 Å². The van der Waals surface area contributed by atoms with Crippen LogP contribution in [0, 0.1) is 15.9 Å². The van der Waals surface area contributed by atoms with Crippen LogP contribution in [0.15, 0.2) is 42.1 Å². The molecule has 3 amide bonds. The van der Waals surface area contributed by atoms with Gasteiger partial charge < -0.3 is 14.8 Å². The minimum absolute atomic E-state index is 0.0315. The minimum Gasteiger partial charge on any atom is -0.493 e. The fourth-order valence-electron chi connectivity index (χ4n) is 2.83. The fraction of sp³-hybridized carbons (Fsp3) is 0.158. The molecule has 1 N–H and O–H groups in total. The van der Waals surface area contributed by atoms with Crippen molar-refractivity contribution in [2.45, 2.75) is 6.54 Å². The van der Waals surface area contributed by atoms with Crippen molar-refractivity contribution in [3.63, 3.8) is 0 Å². The van der Waals surface area contributed by atoms with E-state index < -0.39 is 22.7 Å². The zero-order valence-electron chi connectivity index (χ0n) is 15.5. The second kappa shape index (κ2) is 7.97. The third-order valence-corrected chi connectivity index (χ3v) is 4.28. The lowest BCUT2D eigenvalue weighted by molar-refractivity contribution is -0.385. The summed E-state index contributed by atoms with van der Waals surface area (Å²) in [4.78, 5) is 36.4. The fourth-order valence-corrected chi connectivity index (χ4v) is 2.83. The molecule has 0 saturated carbocycles. The van der Waals surface area contributed by atoms with Crippen LogP contribution >= 0.6 is 0 Å². The summed E-state index contributed by atoms with van der Waals surface area (Å²) in [7, 11) is 2.69. The first kappa shape index (κ1) is 19.8. The lowest BCUT2D eigenvalue weighted by Crippen LogP contribution is -2.30. The van der Waals surface area contributed by atoms with Gasteiger partial charge in [0.15, 0.2) is 11.5 Å². The van der Waals surface area contributed by atoms with Crippen LogP contribution in [0.4, 0.5) is 14.9 Å². The van der Waals surface area contributed by atoms with Gasteiger partial charge in [-0.05, 0) is 18.2 Å². The molecule has 0 aromatic heterocycles. The zero-order chi connectivity index (χ0) is 21.1. The maximum absolute atomic E-state index is 13.9. The van der Waals surface area contributed by atoms with Crippen molar-refractivity contribution in [3.05, 3.63) is 69.2 Å². The Morgan fingerprint density at radius 1 is 1.17 bits per heavy atom. The molecular weight excluding hydrogens is 385 g/mol. The van der Waals surface area contributed by atoms with Gasteiger partial charge in [0.2, 0.25) is 0 Å². The number of methoxy groups -OCH3 is 2. The van der Waals surface area contributed by atoms with Crippen LogP contribution in [0.3, 0.4) is 0 Å². The molecule has 1 fully saturated rings. The molecule has 0 radical (unpaired) electrons. The largest absolute Gasteiger partial charge is 0.493 e. The van der Waals surface area contributed by atoms with Crippen molar-refractivity contribution in [3.8, 4) is 11.5 Å². The van der Waals surface area contributed by atoms with E-state index in [9.17, 15) is 24.1 Å². The van der Waals surface area contributed by atoms with Crippen molar-refractivity contribution < 1.29 is 28.4 Å². The highest BCUT2D eigenvalue weighted by atomic mass is 19.1. The number of hydrogen-bond acceptors (Lipinski definition) is 6. The third-order valence-electron chi connectivity index (χ3n) is 4.28. The molecule has 0 aliphatic carbocycles. The average molecular weight is 401 g/mol. The van der Waals surface area contributed by atoms with E-state index >= 15 is 0 Å². The smallest absolute Gasteiger partial charge is 0.329 e. The molecule has 150 valence electrons. The van der Waals surface area contributed by atoms with Gasteiger partial charge in [-0.2, -0.15) is 0 Å². The highest BCUT2D eigenvalue weighted by molar-refractivity contribution is 6.14. The number of rotatable bonds is 6. The first-order chi connectivity index (χ1) is 13.8. The van der Waals surface area contributed by atoms with E-state index in [0.29, 0.717) is 0 Å². The van der Waals surface area contributed by atoms with Gasteiger partial charge in [0.1, 0.15) is 11.5 Å². The van der Waals surface area contributed by atoms with Gasteiger partial charge in [-0.15, -0.1) is 0 Å². The van der Waals surface area contributed by atoms with E-state index in [1.54, 1.807) is 6.07 Å². The number of nitro benzene ring substituents is 1. The number of ether oxygens (including phenoxy) is 2. The lowest BCUT2D eigenvalue weighted by Gasteiger charge is -2.12. The van der Waals surface area contributed by atoms with Crippen LogP contribution < -0.4 is 14.8 Å². The molecule has 3 rings (SSSR count). The van der Waals surface area contributed by atoms with Gasteiger partial charge in [-0.25, -0.2) is 9.18 Å². The van der Waals surface area contributed by atoms with Crippen molar-refractivity contribution in [1.82, 2.24) is 10.2 Å². The molecule has 29 heavy (non-hydrogen) atoms. The highest BCUT2D eigenvalue weighted by Gasteiger charge is 2.34. The average Bonchev–Trinajstić information content (AvgIpc) is 2.96. The Labute approximate surface area is 164 Å². The molecule has 1 heterocycles. The van der Waals surface area contributed by atoms with Crippen LogP contribution in [0.2, 0.25) is 0 Å². The number of nitrogens with one attached hydrogen (secondary N) is 1. The second-order valence-electron chi connectivity index (χ2n) is 5.99. The summed E-state index contributed by atoms with van der Waals surface area (Å²) in [5, 5.41) is 13.8. The van der Waals surface area contributed by atoms with Crippen molar-refractivity contribution in [1.29, 1.82) is 0 Å². The van der Waals surface area contributed by atoms with Gasteiger partial charge in [0.05, 0.1) is 37.3 Å². The number of halogens is 1. The number of amides is 3. The van der Waals surface area contributed by atoms with Crippen molar-refractivity contribution in [2.24, 2.45) is 0 Å². The van der Waals surface area contributed by atoms with E-state index in [0.717, 1.165) is 11.0 Å². The van der Waals surface area contributed by atoms with E-state index in [2.05, 4.69) is 5.32 Å². The minimum atomic E-state index is -0.757. The maximum Gasteiger partial charge on any atom is 0.329 e. The number of nitro groups is 1. The Bertz CT molecular complexity index is 1040. The summed E-state index contributed by atoms with van der Waals surface area (Å²) >= 11 is 0. The van der Waals surface area contributed by atoms with Crippen molar-refractivity contribution in [2.75, 3.05) is 14.2 Å². The summed E-state index contributed by atoms with van der Waals surface area (Å²) in [5.41, 5.74) is -0.329. The first-order valence-electron chi connectivity index (χ1n) is 8.34. The van der Waals surface area contributed by atoms with E-state index in [1.807, 2.05) is 0 Å². The van der Waals surface area contributed by atoms with Crippen LogP contribution in [0.1, 0.15) is 11.1 Å². The zero-order valence-corrected chi connectivity index (χ0v) is 15.5. The number of benzene rings is 2. The van der Waals surface area contributed by atoms with Gasteiger partial charge >= 0.3 is 6.03 Å². The van der Waals surface area contributed by atoms with Gasteiger partial charge in [0.25, 0.3) is 11.6 Å². The van der Waals surface area contributed by atoms with Crippen molar-refractivity contribution >= 4 is 23.7 Å². The second-order valence-corrected chi connectivity index (χ2v) is 5.99. The van der Waals surface area contributed by atoms with E-state index in [-0.39, 0.29) is 40.6 Å². The van der Waals surface area contributed by atoms with E-state index in [1.165, 1.54) is 44.6 Å². The molecule has 0 unspecified atom stereocenters. The SMILES string of the molecule is COc1cc(/C=C2/NC(=O)N(Cc3ccccc3F)C2=O)c([N+](=O)[O-])cc1OC. The first-order valence-corrected chi connectivity index (χ1v) is 8.34. The molecule has 1 saturated heterocycles. The molecule has 2 aromatic carbocycles. The topological polar surface area (TPSA) is 111 Å². The maximum atomic E-state index is 13.9. The van der Waals surface area contributed by atoms with E-state index in [4.69, 9.17) is 9.47 Å². The quantitative estimate of drug-likeness (QED) is 0.345. The van der Waals surface area contributed by atoms with Gasteiger partial charge in [-0.1, -0.05) is 18.2 Å². The highest BCUT2D eigenvalue weighted by Crippen LogP contribution is 2.35. The molecule has 1 aliphatic rings. The molecule has 10 heteroatoms. The monoisotopic (exact) mass is 401 g/mol. The number of carbonyl (C=O) groups excluding carboxylic acids is 2. The summed E-state index contributed by atoms with van der Waals surface area (Å²) in [6.45, 7) is -0.275. The summed E-state index contributed by atoms with van der Waals surface area (Å²) in [6, 6.07) is 7.47. The number of hydrogen-bond donors (Lipinski definition) is 1. The predicted molar refractivity (Wildman–Crippen MR) is 99.7 cm³/mol. The Hall–Kier alpha value is -3.95. The molecule has 1 aliphatic heterocycles. The Kier molecular flexibility index (Phi) is 5.44. The summed E-state index contributed by atoms with van der Waals surface area (Å²) < 4.78 is 24.0. The van der Waals surface area contributed by atoms with Gasteiger partial charge in [-0.3, -0.25) is 19.8 Å². The number of carbonyl (C=O) groups is 2. The van der Waals surface area contributed by atoms with Crippen LogP contribution in [-0.4, -0.2) is 36.0 Å².